The van der Waals surface area contributed by atoms with E-state index in [0.717, 1.165) is 43.8 Å². The van der Waals surface area contributed by atoms with E-state index in [4.69, 9.17) is 16.3 Å². The summed E-state index contributed by atoms with van der Waals surface area (Å²) in [4.78, 5) is 25.2. The first kappa shape index (κ1) is 24.2. The third-order valence-electron chi connectivity index (χ3n) is 7.58. The van der Waals surface area contributed by atoms with E-state index in [1.807, 2.05) is 6.07 Å². The topological polar surface area (TPSA) is 90.8 Å². The highest BCUT2D eigenvalue weighted by Gasteiger charge is 2.48. The summed E-state index contributed by atoms with van der Waals surface area (Å²) in [6.45, 7) is 3.56. The maximum atomic E-state index is 14.3. The van der Waals surface area contributed by atoms with Crippen molar-refractivity contribution >= 4 is 35.0 Å². The SMILES string of the molecule is CN1CCc2c(cc(Nc3ncc(Cl)c(N4CC(C)(C(=O)O)C5=C4CC(F)C=C5)n3)cc2OC2CC2)C1. The van der Waals surface area contributed by atoms with Crippen molar-refractivity contribution < 1.29 is 19.0 Å². The van der Waals surface area contributed by atoms with Gasteiger partial charge in [-0.2, -0.15) is 4.98 Å². The van der Waals surface area contributed by atoms with Crippen LogP contribution in [0.15, 0.2) is 41.8 Å². The number of aromatic nitrogens is 2. The molecule has 2 atom stereocenters. The molecular formula is C27H29ClFN5O3. The predicted molar refractivity (Wildman–Crippen MR) is 139 cm³/mol. The monoisotopic (exact) mass is 525 g/mol. The van der Waals surface area contributed by atoms with Gasteiger partial charge in [0.15, 0.2) is 5.82 Å². The van der Waals surface area contributed by atoms with Crippen LogP contribution in [0, 0.1) is 5.41 Å². The molecule has 1 fully saturated rings. The van der Waals surface area contributed by atoms with E-state index in [-0.39, 0.29) is 24.1 Å². The van der Waals surface area contributed by atoms with E-state index in [1.54, 1.807) is 17.9 Å². The summed E-state index contributed by atoms with van der Waals surface area (Å²) in [5, 5.41) is 13.5. The lowest BCUT2D eigenvalue weighted by atomic mass is 9.81. The van der Waals surface area contributed by atoms with Gasteiger partial charge < -0.3 is 25.0 Å². The number of likely N-dealkylation sites (N-methyl/N-ethyl adjacent to an activating group) is 1. The van der Waals surface area contributed by atoms with Crippen LogP contribution in [0.5, 0.6) is 5.75 Å². The number of carbonyl (C=O) groups is 1. The molecule has 0 bridgehead atoms. The Bertz CT molecular complexity index is 1340. The van der Waals surface area contributed by atoms with Crippen molar-refractivity contribution in [3.63, 3.8) is 0 Å². The largest absolute Gasteiger partial charge is 0.490 e. The number of ether oxygens (including phenoxy) is 1. The van der Waals surface area contributed by atoms with Crippen LogP contribution in [0.25, 0.3) is 0 Å². The van der Waals surface area contributed by atoms with Gasteiger partial charge in [-0.25, -0.2) is 9.37 Å². The number of aliphatic carboxylic acids is 1. The molecule has 0 saturated heterocycles. The van der Waals surface area contributed by atoms with E-state index in [0.29, 0.717) is 23.0 Å². The van der Waals surface area contributed by atoms with Gasteiger partial charge in [-0.05, 0) is 56.5 Å². The maximum absolute atomic E-state index is 14.3. The van der Waals surface area contributed by atoms with Crippen LogP contribution in [-0.2, 0) is 17.8 Å². The number of benzene rings is 1. The molecule has 6 rings (SSSR count). The van der Waals surface area contributed by atoms with E-state index in [1.165, 1.54) is 23.4 Å². The molecule has 8 nitrogen and oxygen atoms in total. The van der Waals surface area contributed by atoms with Gasteiger partial charge in [0.25, 0.3) is 0 Å². The van der Waals surface area contributed by atoms with Crippen molar-refractivity contribution in [2.75, 3.05) is 30.4 Å². The summed E-state index contributed by atoms with van der Waals surface area (Å²) in [5.74, 6) is 0.593. The van der Waals surface area contributed by atoms with Gasteiger partial charge in [0.05, 0.1) is 12.3 Å². The van der Waals surface area contributed by atoms with Crippen molar-refractivity contribution in [1.29, 1.82) is 0 Å². The van der Waals surface area contributed by atoms with E-state index < -0.39 is 17.6 Å². The number of rotatable bonds is 6. The molecule has 3 heterocycles. The highest BCUT2D eigenvalue weighted by atomic mass is 35.5. The van der Waals surface area contributed by atoms with Crippen LogP contribution >= 0.6 is 11.6 Å². The lowest BCUT2D eigenvalue weighted by molar-refractivity contribution is -0.144. The molecule has 37 heavy (non-hydrogen) atoms. The van der Waals surface area contributed by atoms with Gasteiger partial charge in [0, 0.05) is 49.1 Å². The van der Waals surface area contributed by atoms with E-state index >= 15 is 0 Å². The van der Waals surface area contributed by atoms with Crippen molar-refractivity contribution in [2.45, 2.75) is 51.4 Å². The molecule has 1 aromatic heterocycles. The number of anilines is 3. The highest BCUT2D eigenvalue weighted by Crippen LogP contribution is 2.47. The Kier molecular flexibility index (Phi) is 5.88. The summed E-state index contributed by atoms with van der Waals surface area (Å²) in [6, 6.07) is 4.09. The molecule has 2 aliphatic heterocycles. The number of carboxylic acids is 1. The average molecular weight is 526 g/mol. The maximum Gasteiger partial charge on any atom is 0.315 e. The number of halogens is 2. The minimum absolute atomic E-state index is 0.0675. The number of fused-ring (bicyclic) bond motifs is 1. The number of hydrogen-bond donors (Lipinski definition) is 2. The van der Waals surface area contributed by atoms with Crippen LogP contribution in [0.3, 0.4) is 0 Å². The number of hydrogen-bond acceptors (Lipinski definition) is 7. The second-order valence-electron chi connectivity index (χ2n) is 10.6. The molecule has 0 amide bonds. The normalized spacial score (nSPS) is 25.2. The van der Waals surface area contributed by atoms with Crippen molar-refractivity contribution in [1.82, 2.24) is 14.9 Å². The zero-order valence-electron chi connectivity index (χ0n) is 20.8. The van der Waals surface area contributed by atoms with Crippen molar-refractivity contribution in [3.05, 3.63) is 57.9 Å². The molecule has 2 N–H and O–H groups in total. The Morgan fingerprint density at radius 3 is 2.92 bits per heavy atom. The van der Waals surface area contributed by atoms with E-state index in [9.17, 15) is 14.3 Å². The smallest absolute Gasteiger partial charge is 0.315 e. The van der Waals surface area contributed by atoms with Crippen LogP contribution in [0.1, 0.15) is 37.3 Å². The second-order valence-corrected chi connectivity index (χ2v) is 11.0. The molecule has 4 aliphatic rings. The molecule has 2 aromatic rings. The Morgan fingerprint density at radius 2 is 2.16 bits per heavy atom. The predicted octanol–water partition coefficient (Wildman–Crippen LogP) is 4.87. The lowest BCUT2D eigenvalue weighted by Crippen LogP contribution is -2.35. The Labute approximate surface area is 219 Å². The quantitative estimate of drug-likeness (QED) is 0.552. The van der Waals surface area contributed by atoms with Crippen LogP contribution < -0.4 is 15.0 Å². The molecule has 0 radical (unpaired) electrons. The summed E-state index contributed by atoms with van der Waals surface area (Å²) in [5.41, 5.74) is 3.23. The number of carboxylic acid groups (broad SMARTS) is 1. The second kappa shape index (κ2) is 8.99. The summed E-state index contributed by atoms with van der Waals surface area (Å²) >= 11 is 6.52. The molecule has 2 aliphatic carbocycles. The number of nitrogens with one attached hydrogen (secondary N) is 1. The zero-order valence-corrected chi connectivity index (χ0v) is 21.6. The molecule has 1 saturated carbocycles. The fourth-order valence-corrected chi connectivity index (χ4v) is 5.57. The van der Waals surface area contributed by atoms with Crippen LogP contribution in [-0.4, -0.2) is 58.4 Å². The first-order chi connectivity index (χ1) is 17.7. The number of allylic oxidation sites excluding steroid dienone is 3. The zero-order chi connectivity index (χ0) is 25.9. The molecular weight excluding hydrogens is 497 g/mol. The van der Waals surface area contributed by atoms with Crippen molar-refractivity contribution in [3.8, 4) is 5.75 Å². The molecule has 10 heteroatoms. The summed E-state index contributed by atoms with van der Waals surface area (Å²) in [6.07, 6.45) is 6.72. The number of nitrogens with zero attached hydrogens (tertiary/aromatic N) is 4. The third-order valence-corrected chi connectivity index (χ3v) is 7.84. The van der Waals surface area contributed by atoms with Crippen LogP contribution in [0.4, 0.5) is 21.8 Å². The molecule has 1 aromatic carbocycles. The Balaban J connectivity index is 1.34. The average Bonchev–Trinajstić information content (AvgIpc) is 3.62. The first-order valence-corrected chi connectivity index (χ1v) is 13.0. The van der Waals surface area contributed by atoms with E-state index in [2.05, 4.69) is 33.3 Å². The standard InChI is InChI=1S/C27H29ClFN5O3/c1-27(25(35)36)14-34(22-10-16(29)3-6-20(22)27)24-21(28)12-30-26(32-24)31-17-9-15-13-33(2)8-7-19(15)23(11-17)37-18-4-5-18/h3,6,9,11-12,16,18H,4-5,7-8,10,13-14H2,1-2H3,(H,35,36)(H,30,31,32). The third kappa shape index (κ3) is 4.44. The summed E-state index contributed by atoms with van der Waals surface area (Å²) in [7, 11) is 2.10. The lowest BCUT2D eigenvalue weighted by Gasteiger charge is -2.28. The fourth-order valence-electron chi connectivity index (χ4n) is 5.38. The van der Waals surface area contributed by atoms with Gasteiger partial charge in [0.1, 0.15) is 22.4 Å². The fraction of sp³-hybridized carbons (Fsp3) is 0.444. The molecule has 2 unspecified atom stereocenters. The minimum Gasteiger partial charge on any atom is -0.490 e. The number of alkyl halides is 1. The first-order valence-electron chi connectivity index (χ1n) is 12.6. The molecule has 0 spiro atoms. The Hall–Kier alpha value is -3.17. The van der Waals surface area contributed by atoms with Gasteiger partial charge in [-0.3, -0.25) is 4.79 Å². The Morgan fingerprint density at radius 1 is 1.35 bits per heavy atom. The summed E-state index contributed by atoms with van der Waals surface area (Å²) < 4.78 is 20.6. The minimum atomic E-state index is -1.20. The van der Waals surface area contributed by atoms with Crippen LogP contribution in [0.2, 0.25) is 5.02 Å². The molecule has 194 valence electrons. The van der Waals surface area contributed by atoms with Gasteiger partial charge in [-0.15, -0.1) is 0 Å². The highest BCUT2D eigenvalue weighted by molar-refractivity contribution is 6.33. The van der Waals surface area contributed by atoms with Gasteiger partial charge in [0.2, 0.25) is 5.95 Å². The van der Waals surface area contributed by atoms with Gasteiger partial charge in [-0.1, -0.05) is 17.7 Å². The van der Waals surface area contributed by atoms with Gasteiger partial charge >= 0.3 is 5.97 Å². The van der Waals surface area contributed by atoms with Crippen molar-refractivity contribution in [2.24, 2.45) is 5.41 Å².